The molecule has 0 aliphatic heterocycles. The van der Waals surface area contributed by atoms with Crippen molar-refractivity contribution < 1.29 is 8.42 Å². The van der Waals surface area contributed by atoms with Crippen LogP contribution in [0.15, 0.2) is 47.4 Å². The van der Waals surface area contributed by atoms with Gasteiger partial charge in [0.2, 0.25) is 0 Å². The van der Waals surface area contributed by atoms with E-state index in [2.05, 4.69) is 20.7 Å². The van der Waals surface area contributed by atoms with Gasteiger partial charge in [0.05, 0.1) is 15.6 Å². The maximum absolute atomic E-state index is 12.3. The summed E-state index contributed by atoms with van der Waals surface area (Å²) in [5, 5.41) is 1.07. The van der Waals surface area contributed by atoms with Gasteiger partial charge in [-0.15, -0.1) is 0 Å². The summed E-state index contributed by atoms with van der Waals surface area (Å²) < 4.78 is 27.0. The molecule has 0 unspecified atom stereocenters. The predicted octanol–water partition coefficient (Wildman–Crippen LogP) is 4.34. The Morgan fingerprint density at radius 2 is 1.80 bits per heavy atom. The third-order valence-electron chi connectivity index (χ3n) is 2.76. The number of anilines is 1. The molecule has 0 saturated heterocycles. The normalized spacial score (nSPS) is 11.3. The van der Waals surface area contributed by atoms with E-state index in [1.165, 1.54) is 0 Å². The largest absolute Gasteiger partial charge is 0.278 e. The average Bonchev–Trinajstić information content (AvgIpc) is 2.42. The highest BCUT2D eigenvalue weighted by Gasteiger charge is 2.15. The molecule has 0 radical (unpaired) electrons. The lowest BCUT2D eigenvalue weighted by molar-refractivity contribution is 0.601. The number of nitrogens with one attached hydrogen (secondary N) is 1. The van der Waals surface area contributed by atoms with Gasteiger partial charge in [0, 0.05) is 5.33 Å². The van der Waals surface area contributed by atoms with E-state index in [9.17, 15) is 8.42 Å². The van der Waals surface area contributed by atoms with Crippen LogP contribution < -0.4 is 4.72 Å². The lowest BCUT2D eigenvalue weighted by Gasteiger charge is -2.10. The van der Waals surface area contributed by atoms with E-state index >= 15 is 0 Å². The third kappa shape index (κ3) is 3.53. The fraction of sp³-hybridized carbons (Fsp3) is 0.143. The molecule has 0 heterocycles. The molecule has 6 heteroatoms. The summed E-state index contributed by atoms with van der Waals surface area (Å²) in [5.41, 5.74) is 2.36. The molecular formula is C14H13BrClNO2S. The Bertz CT molecular complexity index is 714. The molecule has 0 spiro atoms. The molecule has 3 nitrogen and oxygen atoms in total. The summed E-state index contributed by atoms with van der Waals surface area (Å²) in [4.78, 5) is 0.207. The van der Waals surface area contributed by atoms with Gasteiger partial charge in [-0.25, -0.2) is 8.42 Å². The second kappa shape index (κ2) is 6.16. The van der Waals surface area contributed by atoms with Crippen molar-refractivity contribution in [3.05, 3.63) is 58.6 Å². The molecule has 106 valence electrons. The first-order valence-electron chi connectivity index (χ1n) is 5.86. The fourth-order valence-electron chi connectivity index (χ4n) is 1.66. The maximum Gasteiger partial charge on any atom is 0.261 e. The second-order valence-electron chi connectivity index (χ2n) is 4.37. The van der Waals surface area contributed by atoms with Gasteiger partial charge in [-0.05, 0) is 42.3 Å². The van der Waals surface area contributed by atoms with Gasteiger partial charge >= 0.3 is 0 Å². The van der Waals surface area contributed by atoms with Crippen molar-refractivity contribution in [1.29, 1.82) is 0 Å². The number of alkyl halides is 1. The Morgan fingerprint density at radius 3 is 2.35 bits per heavy atom. The first-order valence-corrected chi connectivity index (χ1v) is 8.84. The van der Waals surface area contributed by atoms with Gasteiger partial charge in [-0.3, -0.25) is 4.72 Å². The number of halogens is 2. The Labute approximate surface area is 132 Å². The van der Waals surface area contributed by atoms with Crippen LogP contribution in [0.5, 0.6) is 0 Å². The van der Waals surface area contributed by atoms with E-state index in [0.717, 1.165) is 11.1 Å². The van der Waals surface area contributed by atoms with Crippen LogP contribution in [0.2, 0.25) is 5.02 Å². The Balaban J connectivity index is 2.30. The summed E-state index contributed by atoms with van der Waals surface area (Å²) in [5.74, 6) is 0. The van der Waals surface area contributed by atoms with Crippen LogP contribution in [-0.4, -0.2) is 8.42 Å². The van der Waals surface area contributed by atoms with Crippen LogP contribution in [-0.2, 0) is 15.4 Å². The molecule has 20 heavy (non-hydrogen) atoms. The minimum absolute atomic E-state index is 0.207. The van der Waals surface area contributed by atoms with Crippen LogP contribution in [0.3, 0.4) is 0 Å². The smallest absolute Gasteiger partial charge is 0.261 e. The first-order chi connectivity index (χ1) is 9.42. The van der Waals surface area contributed by atoms with E-state index in [4.69, 9.17) is 11.6 Å². The fourth-order valence-corrected chi connectivity index (χ4v) is 3.46. The topological polar surface area (TPSA) is 46.2 Å². The number of aryl methyl sites for hydroxylation is 1. The first kappa shape index (κ1) is 15.4. The van der Waals surface area contributed by atoms with E-state index in [1.807, 2.05) is 6.92 Å². The zero-order valence-corrected chi connectivity index (χ0v) is 13.9. The second-order valence-corrected chi connectivity index (χ2v) is 7.02. The van der Waals surface area contributed by atoms with Crippen LogP contribution >= 0.6 is 27.5 Å². The minimum atomic E-state index is -3.62. The van der Waals surface area contributed by atoms with Crippen LogP contribution in [0.1, 0.15) is 11.1 Å². The lowest BCUT2D eigenvalue weighted by atomic mass is 10.2. The Morgan fingerprint density at radius 1 is 1.15 bits per heavy atom. The molecule has 0 saturated carbocycles. The molecule has 0 atom stereocenters. The van der Waals surface area contributed by atoms with Crippen LogP contribution in [0.25, 0.3) is 0 Å². The molecule has 0 aliphatic rings. The highest BCUT2D eigenvalue weighted by molar-refractivity contribution is 9.08. The zero-order chi connectivity index (χ0) is 14.8. The molecule has 0 bridgehead atoms. The van der Waals surface area contributed by atoms with Crippen molar-refractivity contribution in [1.82, 2.24) is 0 Å². The quantitative estimate of drug-likeness (QED) is 0.809. The van der Waals surface area contributed by atoms with Crippen LogP contribution in [0, 0.1) is 6.92 Å². The van der Waals surface area contributed by atoms with Crippen molar-refractivity contribution in [2.24, 2.45) is 0 Å². The van der Waals surface area contributed by atoms with Gasteiger partial charge in [-0.2, -0.15) is 0 Å². The Kier molecular flexibility index (Phi) is 4.73. The molecule has 0 aliphatic carbocycles. The molecule has 0 amide bonds. The van der Waals surface area contributed by atoms with E-state index in [-0.39, 0.29) is 4.90 Å². The molecule has 2 aromatic rings. The van der Waals surface area contributed by atoms with Crippen LogP contribution in [0.4, 0.5) is 5.69 Å². The number of rotatable bonds is 4. The summed E-state index contributed by atoms with van der Waals surface area (Å²) in [6.07, 6.45) is 0. The van der Waals surface area contributed by atoms with Crippen molar-refractivity contribution in [3.8, 4) is 0 Å². The van der Waals surface area contributed by atoms with Gasteiger partial charge < -0.3 is 0 Å². The average molecular weight is 375 g/mol. The van der Waals surface area contributed by atoms with E-state index in [0.29, 0.717) is 16.0 Å². The van der Waals surface area contributed by atoms with Gasteiger partial charge in [0.25, 0.3) is 10.0 Å². The SMILES string of the molecule is Cc1ccc(NS(=O)(=O)c2ccc(CBr)cc2)c(Cl)c1. The van der Waals surface area contributed by atoms with Gasteiger partial charge in [0.1, 0.15) is 0 Å². The molecule has 2 rings (SSSR count). The highest BCUT2D eigenvalue weighted by atomic mass is 79.9. The van der Waals surface area contributed by atoms with Crippen molar-refractivity contribution in [2.45, 2.75) is 17.1 Å². The highest BCUT2D eigenvalue weighted by Crippen LogP contribution is 2.25. The molecule has 0 fully saturated rings. The van der Waals surface area contributed by atoms with Crippen molar-refractivity contribution in [2.75, 3.05) is 4.72 Å². The van der Waals surface area contributed by atoms with E-state index in [1.54, 1.807) is 42.5 Å². The lowest BCUT2D eigenvalue weighted by Crippen LogP contribution is -2.13. The molecule has 1 N–H and O–H groups in total. The zero-order valence-electron chi connectivity index (χ0n) is 10.7. The molecular weight excluding hydrogens is 362 g/mol. The van der Waals surface area contributed by atoms with Crippen molar-refractivity contribution in [3.63, 3.8) is 0 Å². The minimum Gasteiger partial charge on any atom is -0.278 e. The molecule has 0 aromatic heterocycles. The number of benzene rings is 2. The van der Waals surface area contributed by atoms with Gasteiger partial charge in [0.15, 0.2) is 0 Å². The summed E-state index contributed by atoms with van der Waals surface area (Å²) in [6.45, 7) is 1.89. The standard InChI is InChI=1S/C14H13BrClNO2S/c1-10-2-7-14(13(16)8-10)17-20(18,19)12-5-3-11(9-15)4-6-12/h2-8,17H,9H2,1H3. The van der Waals surface area contributed by atoms with E-state index < -0.39 is 10.0 Å². The molecule has 2 aromatic carbocycles. The van der Waals surface area contributed by atoms with Gasteiger partial charge in [-0.1, -0.05) is 45.7 Å². The Hall–Kier alpha value is -1.04. The monoisotopic (exact) mass is 373 g/mol. The summed E-state index contributed by atoms with van der Waals surface area (Å²) in [7, 11) is -3.62. The maximum atomic E-state index is 12.3. The number of hydrogen-bond acceptors (Lipinski definition) is 2. The van der Waals surface area contributed by atoms with Crippen molar-refractivity contribution >= 4 is 43.2 Å². The predicted molar refractivity (Wildman–Crippen MR) is 86.1 cm³/mol. The summed E-state index contributed by atoms with van der Waals surface area (Å²) >= 11 is 9.36. The summed E-state index contributed by atoms with van der Waals surface area (Å²) in [6, 6.07) is 11.8. The third-order valence-corrected chi connectivity index (χ3v) is 5.10. The number of sulfonamides is 1. The number of hydrogen-bond donors (Lipinski definition) is 1.